The molecule has 0 atom stereocenters. The lowest BCUT2D eigenvalue weighted by atomic mass is 10.2. The van der Waals surface area contributed by atoms with E-state index in [0.717, 1.165) is 13.0 Å². The SMILES string of the molecule is CC(NCCc1cc2ccc(S(C)(C)C)cc2s1)=C1CC1. The maximum Gasteiger partial charge on any atom is 0.0356 e. The van der Waals surface area contributed by atoms with Gasteiger partial charge in [-0.15, -0.1) is 11.3 Å². The highest BCUT2D eigenvalue weighted by molar-refractivity contribution is 8.32. The van der Waals surface area contributed by atoms with E-state index in [1.165, 1.54) is 38.4 Å². The van der Waals surface area contributed by atoms with Gasteiger partial charge in [0.1, 0.15) is 0 Å². The highest BCUT2D eigenvalue weighted by Gasteiger charge is 2.14. The quantitative estimate of drug-likeness (QED) is 0.803. The molecule has 0 spiro atoms. The summed E-state index contributed by atoms with van der Waals surface area (Å²) < 4.78 is 1.45. The number of rotatable bonds is 5. The molecule has 1 heterocycles. The third kappa shape index (κ3) is 3.64. The summed E-state index contributed by atoms with van der Waals surface area (Å²) in [6, 6.07) is 9.38. The Balaban J connectivity index is 1.70. The average molecular weight is 320 g/mol. The maximum absolute atomic E-state index is 3.56. The van der Waals surface area contributed by atoms with E-state index in [1.807, 2.05) is 11.3 Å². The van der Waals surface area contributed by atoms with Gasteiger partial charge in [-0.3, -0.25) is 0 Å². The van der Waals surface area contributed by atoms with Crippen LogP contribution in [0.1, 0.15) is 24.6 Å². The molecule has 3 heteroatoms. The zero-order chi connectivity index (χ0) is 15.0. The summed E-state index contributed by atoms with van der Waals surface area (Å²) in [6.45, 7) is 3.27. The Morgan fingerprint density at radius 1 is 1.19 bits per heavy atom. The van der Waals surface area contributed by atoms with Crippen LogP contribution in [0.4, 0.5) is 0 Å². The molecule has 3 rings (SSSR count). The van der Waals surface area contributed by atoms with Crippen molar-refractivity contribution >= 4 is 31.5 Å². The molecule has 1 aliphatic rings. The monoisotopic (exact) mass is 319 g/mol. The van der Waals surface area contributed by atoms with Crippen molar-refractivity contribution in [2.45, 2.75) is 31.1 Å². The van der Waals surface area contributed by atoms with Crippen molar-refractivity contribution in [3.63, 3.8) is 0 Å². The second-order valence-corrected chi connectivity index (χ2v) is 12.0. The van der Waals surface area contributed by atoms with Crippen molar-refractivity contribution in [1.29, 1.82) is 0 Å². The highest BCUT2D eigenvalue weighted by Crippen LogP contribution is 2.46. The number of fused-ring (bicyclic) bond motifs is 1. The fraction of sp³-hybridized carbons (Fsp3) is 0.444. The van der Waals surface area contributed by atoms with E-state index in [0.29, 0.717) is 0 Å². The van der Waals surface area contributed by atoms with Crippen LogP contribution in [0.15, 0.2) is 40.4 Å². The summed E-state index contributed by atoms with van der Waals surface area (Å²) >= 11 is 1.96. The summed E-state index contributed by atoms with van der Waals surface area (Å²) in [7, 11) is -0.628. The predicted molar refractivity (Wildman–Crippen MR) is 99.1 cm³/mol. The Morgan fingerprint density at radius 2 is 1.95 bits per heavy atom. The summed E-state index contributed by atoms with van der Waals surface area (Å²) in [5.74, 6) is 0. The second kappa shape index (κ2) is 5.69. The Labute approximate surface area is 133 Å². The summed E-state index contributed by atoms with van der Waals surface area (Å²) in [6.07, 6.45) is 10.8. The van der Waals surface area contributed by atoms with Crippen LogP contribution in [0.5, 0.6) is 0 Å². The first-order valence-corrected chi connectivity index (χ1v) is 11.2. The molecule has 1 fully saturated rings. The van der Waals surface area contributed by atoms with Gasteiger partial charge in [-0.05, 0) is 73.4 Å². The molecule has 114 valence electrons. The van der Waals surface area contributed by atoms with Crippen molar-refractivity contribution in [3.05, 3.63) is 40.4 Å². The Kier molecular flexibility index (Phi) is 4.06. The lowest BCUT2D eigenvalue weighted by Crippen LogP contribution is -2.14. The smallest absolute Gasteiger partial charge is 0.0356 e. The second-order valence-electron chi connectivity index (χ2n) is 6.65. The fourth-order valence-corrected chi connectivity index (χ4v) is 4.63. The van der Waals surface area contributed by atoms with Gasteiger partial charge in [0, 0.05) is 21.8 Å². The van der Waals surface area contributed by atoms with Gasteiger partial charge in [-0.25, -0.2) is 10.0 Å². The lowest BCUT2D eigenvalue weighted by molar-refractivity contribution is 0.791. The molecular formula is C18H25NS2. The van der Waals surface area contributed by atoms with Crippen molar-refractivity contribution in [2.24, 2.45) is 0 Å². The molecule has 1 N–H and O–H groups in total. The molecule has 1 aromatic carbocycles. The third-order valence-electron chi connectivity index (χ3n) is 4.04. The topological polar surface area (TPSA) is 12.0 Å². The number of hydrogen-bond acceptors (Lipinski definition) is 2. The first kappa shape index (κ1) is 15.0. The summed E-state index contributed by atoms with van der Waals surface area (Å²) in [4.78, 5) is 3.00. The lowest BCUT2D eigenvalue weighted by Gasteiger charge is -2.25. The molecular weight excluding hydrogens is 294 g/mol. The van der Waals surface area contributed by atoms with Crippen molar-refractivity contribution in [2.75, 3.05) is 25.3 Å². The molecule has 0 aliphatic heterocycles. The van der Waals surface area contributed by atoms with Gasteiger partial charge in [0.15, 0.2) is 0 Å². The zero-order valence-electron chi connectivity index (χ0n) is 13.5. The largest absolute Gasteiger partial charge is 0.388 e. The van der Waals surface area contributed by atoms with Crippen LogP contribution in [-0.2, 0) is 6.42 Å². The van der Waals surface area contributed by atoms with Crippen molar-refractivity contribution in [1.82, 2.24) is 5.32 Å². The van der Waals surface area contributed by atoms with E-state index in [2.05, 4.69) is 55.3 Å². The highest BCUT2D eigenvalue weighted by atomic mass is 32.3. The normalized spacial score (nSPS) is 15.3. The zero-order valence-corrected chi connectivity index (χ0v) is 15.1. The molecule has 2 aromatic rings. The molecule has 1 nitrogen and oxygen atoms in total. The van der Waals surface area contributed by atoms with Gasteiger partial charge < -0.3 is 5.32 Å². The van der Waals surface area contributed by atoms with Crippen molar-refractivity contribution < 1.29 is 0 Å². The molecule has 1 aliphatic carbocycles. The first-order chi connectivity index (χ1) is 9.93. The van der Waals surface area contributed by atoms with Crippen LogP contribution in [0.25, 0.3) is 10.1 Å². The molecule has 1 aromatic heterocycles. The minimum atomic E-state index is -0.628. The van der Waals surface area contributed by atoms with E-state index in [-0.39, 0.29) is 0 Å². The van der Waals surface area contributed by atoms with Crippen LogP contribution in [0.3, 0.4) is 0 Å². The maximum atomic E-state index is 3.56. The molecule has 0 bridgehead atoms. The van der Waals surface area contributed by atoms with Gasteiger partial charge in [0.25, 0.3) is 0 Å². The van der Waals surface area contributed by atoms with Gasteiger partial charge in [0.2, 0.25) is 0 Å². The van der Waals surface area contributed by atoms with Crippen LogP contribution in [0, 0.1) is 0 Å². The Bertz CT molecular complexity index is 683. The molecule has 1 saturated carbocycles. The number of thiophene rings is 1. The van der Waals surface area contributed by atoms with E-state index in [9.17, 15) is 0 Å². The first-order valence-electron chi connectivity index (χ1n) is 7.57. The van der Waals surface area contributed by atoms with Crippen LogP contribution in [-0.4, -0.2) is 25.3 Å². The van der Waals surface area contributed by atoms with Crippen LogP contribution in [0.2, 0.25) is 0 Å². The van der Waals surface area contributed by atoms with E-state index in [1.54, 1.807) is 5.57 Å². The molecule has 21 heavy (non-hydrogen) atoms. The van der Waals surface area contributed by atoms with Gasteiger partial charge in [0.05, 0.1) is 0 Å². The van der Waals surface area contributed by atoms with Crippen LogP contribution < -0.4 is 5.32 Å². The predicted octanol–water partition coefficient (Wildman–Crippen LogP) is 5.15. The molecule has 0 radical (unpaired) electrons. The Morgan fingerprint density at radius 3 is 2.62 bits per heavy atom. The molecule has 0 amide bonds. The molecule has 0 unspecified atom stereocenters. The van der Waals surface area contributed by atoms with E-state index in [4.69, 9.17) is 0 Å². The number of benzene rings is 1. The van der Waals surface area contributed by atoms with Crippen molar-refractivity contribution in [3.8, 4) is 0 Å². The third-order valence-corrected chi connectivity index (χ3v) is 6.87. The van der Waals surface area contributed by atoms with E-state index >= 15 is 0 Å². The number of allylic oxidation sites excluding steroid dienone is 2. The summed E-state index contributed by atoms with van der Waals surface area (Å²) in [5, 5.41) is 4.97. The fourth-order valence-electron chi connectivity index (χ4n) is 2.51. The Hall–Kier alpha value is -0.930. The number of hydrogen-bond donors (Lipinski definition) is 1. The molecule has 0 saturated heterocycles. The van der Waals surface area contributed by atoms with Gasteiger partial charge >= 0.3 is 0 Å². The van der Waals surface area contributed by atoms with Crippen LogP contribution >= 0.6 is 21.4 Å². The minimum absolute atomic E-state index is 0.628. The number of nitrogens with one attached hydrogen (secondary N) is 1. The van der Waals surface area contributed by atoms with E-state index < -0.39 is 10.0 Å². The van der Waals surface area contributed by atoms with Gasteiger partial charge in [-0.2, -0.15) is 0 Å². The van der Waals surface area contributed by atoms with Gasteiger partial charge in [-0.1, -0.05) is 11.6 Å². The standard InChI is InChI=1S/C18H25NS2/c1-13(14-5-6-14)19-10-9-16-11-15-7-8-17(21(2,3)4)12-18(15)20-16/h7-8,11-12,19H,5-6,9-10H2,1-4H3. The average Bonchev–Trinajstić information content (AvgIpc) is 3.17. The summed E-state index contributed by atoms with van der Waals surface area (Å²) in [5.41, 5.74) is 3.03. The minimum Gasteiger partial charge on any atom is -0.388 e.